The van der Waals surface area contributed by atoms with Gasteiger partial charge in [-0.25, -0.2) is 15.0 Å². The molecule has 1 aromatic heterocycles. The molecule has 1 heterocycles. The molecule has 0 unspecified atom stereocenters. The molecule has 306 valence electrons. The van der Waals surface area contributed by atoms with E-state index in [4.69, 9.17) is 15.0 Å². The van der Waals surface area contributed by atoms with Crippen LogP contribution in [0.2, 0.25) is 0 Å². The van der Waals surface area contributed by atoms with Crippen LogP contribution in [-0.4, -0.2) is 15.0 Å². The van der Waals surface area contributed by atoms with Crippen LogP contribution in [0.15, 0.2) is 0 Å². The molecule has 3 heteroatoms. The van der Waals surface area contributed by atoms with Crippen molar-refractivity contribution in [1.82, 2.24) is 15.0 Å². The van der Waals surface area contributed by atoms with Crippen LogP contribution in [0.1, 0.15) is 295 Å². The molecule has 0 saturated heterocycles. The van der Waals surface area contributed by atoms with E-state index in [-0.39, 0.29) is 0 Å². The average molecular weight is 726 g/mol. The third kappa shape index (κ3) is 34.8. The molecule has 0 aromatic carbocycles. The monoisotopic (exact) mass is 726 g/mol. The van der Waals surface area contributed by atoms with E-state index in [1.807, 2.05) is 0 Å². The van der Waals surface area contributed by atoms with Crippen LogP contribution in [0, 0.1) is 0 Å². The van der Waals surface area contributed by atoms with Gasteiger partial charge in [-0.1, -0.05) is 265 Å². The SMILES string of the molecule is CCCCCCCCCCCCCCCCCCCCCCc1nc(CC)nc(CCCCCCCCCCCCCCCCCCCCCC)n1. The zero-order valence-electron chi connectivity index (χ0n) is 36.2. The number of hydrogen-bond donors (Lipinski definition) is 0. The molecule has 0 aliphatic rings. The second-order valence-corrected chi connectivity index (χ2v) is 16.9. The van der Waals surface area contributed by atoms with Crippen LogP contribution in [0.25, 0.3) is 0 Å². The van der Waals surface area contributed by atoms with Crippen LogP contribution in [-0.2, 0) is 19.3 Å². The van der Waals surface area contributed by atoms with Gasteiger partial charge in [0.2, 0.25) is 0 Å². The molecule has 0 bridgehead atoms. The number of aromatic nitrogens is 3. The van der Waals surface area contributed by atoms with E-state index in [2.05, 4.69) is 20.8 Å². The lowest BCUT2D eigenvalue weighted by Gasteiger charge is -2.07. The highest BCUT2D eigenvalue weighted by molar-refractivity contribution is 4.98. The molecule has 0 saturated carbocycles. The molecular formula is C49H95N3. The lowest BCUT2D eigenvalue weighted by molar-refractivity contribution is 0.520. The van der Waals surface area contributed by atoms with E-state index in [0.717, 1.165) is 36.7 Å². The van der Waals surface area contributed by atoms with Gasteiger partial charge in [0.15, 0.2) is 0 Å². The summed E-state index contributed by atoms with van der Waals surface area (Å²) < 4.78 is 0. The minimum atomic E-state index is 0.918. The van der Waals surface area contributed by atoms with Crippen LogP contribution in [0.3, 0.4) is 0 Å². The van der Waals surface area contributed by atoms with Crippen LogP contribution < -0.4 is 0 Å². The summed E-state index contributed by atoms with van der Waals surface area (Å²) in [6, 6.07) is 0. The number of aryl methyl sites for hydroxylation is 3. The van der Waals surface area contributed by atoms with Gasteiger partial charge in [0.1, 0.15) is 17.5 Å². The van der Waals surface area contributed by atoms with E-state index < -0.39 is 0 Å². The number of rotatable bonds is 43. The van der Waals surface area contributed by atoms with Crippen LogP contribution in [0.4, 0.5) is 0 Å². The maximum absolute atomic E-state index is 4.90. The van der Waals surface area contributed by atoms with Gasteiger partial charge < -0.3 is 0 Å². The summed E-state index contributed by atoms with van der Waals surface area (Å²) in [5.74, 6) is 3.11. The summed E-state index contributed by atoms with van der Waals surface area (Å²) >= 11 is 0. The Morgan fingerprint density at radius 2 is 0.385 bits per heavy atom. The molecule has 0 radical (unpaired) electrons. The zero-order chi connectivity index (χ0) is 37.3. The first-order chi connectivity index (χ1) is 25.8. The van der Waals surface area contributed by atoms with Crippen molar-refractivity contribution in [3.8, 4) is 0 Å². The standard InChI is InChI=1S/C49H95N3/c1-4-7-9-11-13-15-17-19-21-23-25-27-29-31-33-35-37-39-41-43-45-48-50-47(6-3)51-49(52-48)46-44-42-40-38-36-34-32-30-28-26-24-22-20-18-16-14-12-10-8-5-2/h4-46H2,1-3H3. The van der Waals surface area contributed by atoms with E-state index in [0.29, 0.717) is 0 Å². The molecule has 0 fully saturated rings. The van der Waals surface area contributed by atoms with Gasteiger partial charge in [0.25, 0.3) is 0 Å². The summed E-state index contributed by atoms with van der Waals surface area (Å²) in [6.45, 7) is 6.79. The van der Waals surface area contributed by atoms with E-state index in [1.54, 1.807) is 0 Å². The van der Waals surface area contributed by atoms with Crippen molar-refractivity contribution in [2.75, 3.05) is 0 Å². The van der Waals surface area contributed by atoms with Gasteiger partial charge in [-0.05, 0) is 12.8 Å². The Morgan fingerprint density at radius 3 is 0.577 bits per heavy atom. The van der Waals surface area contributed by atoms with Crippen LogP contribution in [0.5, 0.6) is 0 Å². The van der Waals surface area contributed by atoms with Crippen molar-refractivity contribution in [2.45, 2.75) is 297 Å². The Labute approximate surface area is 328 Å². The fraction of sp³-hybridized carbons (Fsp3) is 0.939. The molecule has 52 heavy (non-hydrogen) atoms. The van der Waals surface area contributed by atoms with Crippen LogP contribution >= 0.6 is 0 Å². The van der Waals surface area contributed by atoms with E-state index in [1.165, 1.54) is 257 Å². The minimum Gasteiger partial charge on any atom is -0.218 e. The van der Waals surface area contributed by atoms with Crippen molar-refractivity contribution in [2.24, 2.45) is 0 Å². The first-order valence-electron chi connectivity index (χ1n) is 24.5. The lowest BCUT2D eigenvalue weighted by Crippen LogP contribution is -2.07. The average Bonchev–Trinajstić information content (AvgIpc) is 3.16. The zero-order valence-corrected chi connectivity index (χ0v) is 36.2. The number of nitrogens with zero attached hydrogens (tertiary/aromatic N) is 3. The van der Waals surface area contributed by atoms with Gasteiger partial charge in [-0.3, -0.25) is 0 Å². The summed E-state index contributed by atoms with van der Waals surface area (Å²) in [4.78, 5) is 14.5. The number of unbranched alkanes of at least 4 members (excludes halogenated alkanes) is 38. The predicted molar refractivity (Wildman–Crippen MR) is 233 cm³/mol. The Kier molecular flexibility index (Phi) is 38.8. The van der Waals surface area contributed by atoms with Crippen molar-refractivity contribution in [1.29, 1.82) is 0 Å². The predicted octanol–water partition coefficient (Wildman–Crippen LogP) is 17.2. The maximum Gasteiger partial charge on any atom is 0.132 e. The largest absolute Gasteiger partial charge is 0.218 e. The van der Waals surface area contributed by atoms with Gasteiger partial charge >= 0.3 is 0 Å². The highest BCUT2D eigenvalue weighted by Crippen LogP contribution is 2.17. The molecule has 0 aliphatic heterocycles. The first-order valence-corrected chi connectivity index (χ1v) is 24.5. The van der Waals surface area contributed by atoms with Crippen molar-refractivity contribution in [3.63, 3.8) is 0 Å². The summed E-state index contributed by atoms with van der Waals surface area (Å²) in [5.41, 5.74) is 0. The Bertz CT molecular complexity index is 761. The van der Waals surface area contributed by atoms with E-state index >= 15 is 0 Å². The van der Waals surface area contributed by atoms with Crippen molar-refractivity contribution < 1.29 is 0 Å². The van der Waals surface area contributed by atoms with Gasteiger partial charge in [0.05, 0.1) is 0 Å². The summed E-state index contributed by atoms with van der Waals surface area (Å²) in [7, 11) is 0. The second-order valence-electron chi connectivity index (χ2n) is 16.9. The highest BCUT2D eigenvalue weighted by atomic mass is 15.0. The molecule has 0 amide bonds. The molecular weight excluding hydrogens is 631 g/mol. The first kappa shape index (κ1) is 49.0. The Hall–Kier alpha value is -0.990. The Morgan fingerprint density at radius 1 is 0.212 bits per heavy atom. The lowest BCUT2D eigenvalue weighted by atomic mass is 10.0. The molecule has 1 aromatic rings. The van der Waals surface area contributed by atoms with E-state index in [9.17, 15) is 0 Å². The van der Waals surface area contributed by atoms with Crippen molar-refractivity contribution in [3.05, 3.63) is 17.5 Å². The highest BCUT2D eigenvalue weighted by Gasteiger charge is 2.06. The fourth-order valence-electron chi connectivity index (χ4n) is 7.98. The molecule has 3 nitrogen and oxygen atoms in total. The third-order valence-electron chi connectivity index (χ3n) is 11.6. The van der Waals surface area contributed by atoms with Crippen molar-refractivity contribution >= 4 is 0 Å². The third-order valence-corrected chi connectivity index (χ3v) is 11.6. The molecule has 0 N–H and O–H groups in total. The van der Waals surface area contributed by atoms with Gasteiger partial charge in [-0.15, -0.1) is 0 Å². The Balaban J connectivity index is 1.90. The fourth-order valence-corrected chi connectivity index (χ4v) is 7.98. The normalized spacial score (nSPS) is 11.6. The van der Waals surface area contributed by atoms with Gasteiger partial charge in [0, 0.05) is 19.3 Å². The minimum absolute atomic E-state index is 0.918. The molecule has 0 aliphatic carbocycles. The second kappa shape index (κ2) is 41.2. The topological polar surface area (TPSA) is 38.7 Å². The quantitative estimate of drug-likeness (QED) is 0.0629. The summed E-state index contributed by atoms with van der Waals surface area (Å²) in [5, 5.41) is 0. The number of hydrogen-bond acceptors (Lipinski definition) is 3. The maximum atomic E-state index is 4.90. The molecule has 0 atom stereocenters. The van der Waals surface area contributed by atoms with Gasteiger partial charge in [-0.2, -0.15) is 0 Å². The smallest absolute Gasteiger partial charge is 0.132 e. The summed E-state index contributed by atoms with van der Waals surface area (Å²) in [6.07, 6.45) is 60.1. The molecule has 0 spiro atoms. The molecule has 1 rings (SSSR count).